The van der Waals surface area contributed by atoms with E-state index in [2.05, 4.69) is 15.6 Å². The number of carbonyl (C=O) groups excluding carboxylic acids is 1. The van der Waals surface area contributed by atoms with Crippen LogP contribution in [0.4, 0.5) is 0 Å². The Bertz CT molecular complexity index is 693. The third kappa shape index (κ3) is 3.92. The van der Waals surface area contributed by atoms with Crippen molar-refractivity contribution in [3.05, 3.63) is 52.2 Å². The number of rotatable bonds is 4. The minimum Gasteiger partial charge on any atom is -0.448 e. The summed E-state index contributed by atoms with van der Waals surface area (Å²) in [6.07, 6.45) is 3.57. The Hall–Kier alpha value is -1.85. The molecule has 0 saturated carbocycles. The van der Waals surface area contributed by atoms with Gasteiger partial charge in [-0.15, -0.1) is 0 Å². The van der Waals surface area contributed by atoms with Crippen molar-refractivity contribution in [1.29, 1.82) is 0 Å². The SMILES string of the molecule is Cc1ccc(CNC(=O)c2coc(C3CCCNC3)n2)cc1Cl. The normalized spacial score (nSPS) is 17.9. The second-order valence-electron chi connectivity index (χ2n) is 5.88. The smallest absolute Gasteiger partial charge is 0.273 e. The van der Waals surface area contributed by atoms with E-state index in [9.17, 15) is 4.79 Å². The van der Waals surface area contributed by atoms with Crippen LogP contribution >= 0.6 is 11.6 Å². The third-order valence-electron chi connectivity index (χ3n) is 4.09. The molecule has 1 amide bonds. The van der Waals surface area contributed by atoms with Gasteiger partial charge in [-0.2, -0.15) is 0 Å². The minimum absolute atomic E-state index is 0.236. The van der Waals surface area contributed by atoms with Crippen molar-refractivity contribution in [3.8, 4) is 0 Å². The predicted molar refractivity (Wildman–Crippen MR) is 88.7 cm³/mol. The molecule has 0 bridgehead atoms. The molecule has 122 valence electrons. The van der Waals surface area contributed by atoms with Gasteiger partial charge in [0, 0.05) is 24.0 Å². The van der Waals surface area contributed by atoms with Crippen molar-refractivity contribution in [2.24, 2.45) is 0 Å². The molecule has 2 N–H and O–H groups in total. The zero-order chi connectivity index (χ0) is 16.2. The van der Waals surface area contributed by atoms with Crippen LogP contribution in [0.15, 0.2) is 28.9 Å². The van der Waals surface area contributed by atoms with Gasteiger partial charge in [0.05, 0.1) is 0 Å². The number of halogens is 1. The molecule has 1 aliphatic heterocycles. The van der Waals surface area contributed by atoms with E-state index in [0.29, 0.717) is 23.2 Å². The quantitative estimate of drug-likeness (QED) is 0.902. The summed E-state index contributed by atoms with van der Waals surface area (Å²) in [6.45, 7) is 4.24. The largest absolute Gasteiger partial charge is 0.448 e. The summed E-state index contributed by atoms with van der Waals surface area (Å²) >= 11 is 6.09. The van der Waals surface area contributed by atoms with E-state index in [4.69, 9.17) is 16.0 Å². The number of aromatic nitrogens is 1. The highest BCUT2D eigenvalue weighted by atomic mass is 35.5. The van der Waals surface area contributed by atoms with E-state index >= 15 is 0 Å². The fourth-order valence-electron chi connectivity index (χ4n) is 2.66. The molecule has 0 aliphatic carbocycles. The molecular formula is C17H20ClN3O2. The molecule has 2 heterocycles. The Morgan fingerprint density at radius 2 is 2.39 bits per heavy atom. The average Bonchev–Trinajstić information content (AvgIpc) is 3.06. The number of nitrogens with zero attached hydrogens (tertiary/aromatic N) is 1. The highest BCUT2D eigenvalue weighted by Gasteiger charge is 2.21. The monoisotopic (exact) mass is 333 g/mol. The number of amides is 1. The summed E-state index contributed by atoms with van der Waals surface area (Å²) in [4.78, 5) is 16.5. The van der Waals surface area contributed by atoms with Crippen molar-refractivity contribution >= 4 is 17.5 Å². The van der Waals surface area contributed by atoms with Gasteiger partial charge in [0.1, 0.15) is 6.26 Å². The van der Waals surface area contributed by atoms with Crippen LogP contribution in [0.25, 0.3) is 0 Å². The van der Waals surface area contributed by atoms with Gasteiger partial charge in [-0.3, -0.25) is 4.79 Å². The highest BCUT2D eigenvalue weighted by Crippen LogP contribution is 2.22. The fraction of sp³-hybridized carbons (Fsp3) is 0.412. The van der Waals surface area contributed by atoms with Crippen molar-refractivity contribution < 1.29 is 9.21 Å². The van der Waals surface area contributed by atoms with Crippen LogP contribution in [0.5, 0.6) is 0 Å². The van der Waals surface area contributed by atoms with Crippen molar-refractivity contribution in [2.45, 2.75) is 32.2 Å². The Labute approximate surface area is 140 Å². The number of hydrogen-bond donors (Lipinski definition) is 2. The van der Waals surface area contributed by atoms with E-state index < -0.39 is 0 Å². The maximum atomic E-state index is 12.2. The van der Waals surface area contributed by atoms with Crippen LogP contribution in [-0.4, -0.2) is 24.0 Å². The first-order valence-corrected chi connectivity index (χ1v) is 8.20. The Morgan fingerprint density at radius 3 is 3.13 bits per heavy atom. The van der Waals surface area contributed by atoms with Gasteiger partial charge < -0.3 is 15.1 Å². The van der Waals surface area contributed by atoms with Crippen molar-refractivity contribution in [2.75, 3.05) is 13.1 Å². The molecule has 1 unspecified atom stereocenters. The number of benzene rings is 1. The average molecular weight is 334 g/mol. The Morgan fingerprint density at radius 1 is 1.52 bits per heavy atom. The third-order valence-corrected chi connectivity index (χ3v) is 4.50. The summed E-state index contributed by atoms with van der Waals surface area (Å²) in [5, 5.41) is 6.86. The molecular weight excluding hydrogens is 314 g/mol. The van der Waals surface area contributed by atoms with Crippen LogP contribution in [0.2, 0.25) is 5.02 Å². The van der Waals surface area contributed by atoms with E-state index in [-0.39, 0.29) is 11.8 Å². The zero-order valence-electron chi connectivity index (χ0n) is 13.1. The van der Waals surface area contributed by atoms with E-state index in [0.717, 1.165) is 37.1 Å². The molecule has 1 aromatic carbocycles. The van der Waals surface area contributed by atoms with Crippen LogP contribution in [0, 0.1) is 6.92 Å². The summed E-state index contributed by atoms with van der Waals surface area (Å²) in [7, 11) is 0. The molecule has 2 aromatic rings. The molecule has 1 aliphatic rings. The number of hydrogen-bond acceptors (Lipinski definition) is 4. The first-order valence-electron chi connectivity index (χ1n) is 7.83. The lowest BCUT2D eigenvalue weighted by Crippen LogP contribution is -2.28. The Kier molecular flexibility index (Phi) is 4.98. The predicted octanol–water partition coefficient (Wildman–Crippen LogP) is 3.03. The lowest BCUT2D eigenvalue weighted by molar-refractivity contribution is 0.0946. The van der Waals surface area contributed by atoms with Crippen LogP contribution in [-0.2, 0) is 6.54 Å². The van der Waals surface area contributed by atoms with E-state index in [1.807, 2.05) is 25.1 Å². The summed E-state index contributed by atoms with van der Waals surface area (Å²) in [5.74, 6) is 0.655. The lowest BCUT2D eigenvalue weighted by atomic mass is 10.00. The van der Waals surface area contributed by atoms with Gasteiger partial charge in [-0.05, 0) is 43.5 Å². The number of carbonyl (C=O) groups is 1. The van der Waals surface area contributed by atoms with Gasteiger partial charge in [0.25, 0.3) is 5.91 Å². The highest BCUT2D eigenvalue weighted by molar-refractivity contribution is 6.31. The Balaban J connectivity index is 1.59. The van der Waals surface area contributed by atoms with Gasteiger partial charge >= 0.3 is 0 Å². The lowest BCUT2D eigenvalue weighted by Gasteiger charge is -2.19. The molecule has 1 saturated heterocycles. The van der Waals surface area contributed by atoms with Gasteiger partial charge in [0.2, 0.25) is 0 Å². The standard InChI is InChI=1S/C17H20ClN3O2/c1-11-4-5-12(7-14(11)18)8-20-16(22)15-10-23-17(21-15)13-3-2-6-19-9-13/h4-5,7,10,13,19H,2-3,6,8-9H2,1H3,(H,20,22). The van der Waals surface area contributed by atoms with Crippen LogP contribution in [0.3, 0.4) is 0 Å². The zero-order valence-corrected chi connectivity index (χ0v) is 13.8. The summed E-state index contributed by atoms with van der Waals surface area (Å²) in [5.41, 5.74) is 2.29. The molecule has 0 spiro atoms. The fourth-order valence-corrected chi connectivity index (χ4v) is 2.86. The molecule has 1 atom stereocenters. The number of aryl methyl sites for hydroxylation is 1. The first-order chi connectivity index (χ1) is 11.1. The molecule has 23 heavy (non-hydrogen) atoms. The molecule has 5 nitrogen and oxygen atoms in total. The number of piperidine rings is 1. The molecule has 1 aromatic heterocycles. The number of oxazole rings is 1. The van der Waals surface area contributed by atoms with Crippen molar-refractivity contribution in [1.82, 2.24) is 15.6 Å². The van der Waals surface area contributed by atoms with Gasteiger partial charge in [-0.1, -0.05) is 23.7 Å². The maximum absolute atomic E-state index is 12.2. The number of nitrogens with one attached hydrogen (secondary N) is 2. The molecule has 6 heteroatoms. The van der Waals surface area contributed by atoms with Crippen LogP contribution < -0.4 is 10.6 Å². The first kappa shape index (κ1) is 16.0. The summed E-state index contributed by atoms with van der Waals surface area (Å²) in [6, 6.07) is 5.75. The van der Waals surface area contributed by atoms with Gasteiger partial charge in [0.15, 0.2) is 11.6 Å². The second-order valence-corrected chi connectivity index (χ2v) is 6.29. The van der Waals surface area contributed by atoms with E-state index in [1.54, 1.807) is 0 Å². The van der Waals surface area contributed by atoms with Gasteiger partial charge in [-0.25, -0.2) is 4.98 Å². The second kappa shape index (κ2) is 7.15. The van der Waals surface area contributed by atoms with Crippen LogP contribution in [0.1, 0.15) is 46.3 Å². The molecule has 0 radical (unpaired) electrons. The topological polar surface area (TPSA) is 67.2 Å². The molecule has 3 rings (SSSR count). The minimum atomic E-state index is -0.236. The van der Waals surface area contributed by atoms with E-state index in [1.165, 1.54) is 6.26 Å². The van der Waals surface area contributed by atoms with Crippen molar-refractivity contribution in [3.63, 3.8) is 0 Å². The summed E-state index contributed by atoms with van der Waals surface area (Å²) < 4.78 is 5.48. The molecule has 1 fully saturated rings. The maximum Gasteiger partial charge on any atom is 0.273 e.